The van der Waals surface area contributed by atoms with Gasteiger partial charge in [-0.3, -0.25) is 0 Å². The quantitative estimate of drug-likeness (QED) is 0.580. The van der Waals surface area contributed by atoms with Crippen molar-refractivity contribution in [3.63, 3.8) is 0 Å². The standard InChI is InChI=1S/C13H8BrCl3O/c14-8-4-5-11(17)13(6-8)18-12-3-1-2-10(16)9(12)7-15/h1-6H,7H2. The van der Waals surface area contributed by atoms with E-state index in [1.54, 1.807) is 30.3 Å². The van der Waals surface area contributed by atoms with E-state index in [9.17, 15) is 0 Å². The molecule has 2 rings (SSSR count). The highest BCUT2D eigenvalue weighted by Gasteiger charge is 2.10. The predicted octanol–water partition coefficient (Wildman–Crippen LogP) is 6.29. The SMILES string of the molecule is ClCc1c(Cl)cccc1Oc1cc(Br)ccc1Cl. The van der Waals surface area contributed by atoms with Gasteiger partial charge in [-0.1, -0.05) is 45.2 Å². The Hall–Kier alpha value is -0.410. The van der Waals surface area contributed by atoms with Crippen LogP contribution in [0.3, 0.4) is 0 Å². The van der Waals surface area contributed by atoms with Crippen molar-refractivity contribution in [2.75, 3.05) is 0 Å². The maximum Gasteiger partial charge on any atom is 0.147 e. The van der Waals surface area contributed by atoms with Crippen molar-refractivity contribution in [1.82, 2.24) is 0 Å². The molecule has 0 aliphatic carbocycles. The molecule has 0 unspecified atom stereocenters. The Morgan fingerprint density at radius 1 is 1.00 bits per heavy atom. The number of halogens is 4. The van der Waals surface area contributed by atoms with E-state index in [-0.39, 0.29) is 5.88 Å². The third-order valence-electron chi connectivity index (χ3n) is 2.32. The van der Waals surface area contributed by atoms with Gasteiger partial charge in [0.1, 0.15) is 11.5 Å². The normalized spacial score (nSPS) is 10.4. The highest BCUT2D eigenvalue weighted by atomic mass is 79.9. The van der Waals surface area contributed by atoms with Crippen LogP contribution in [0.2, 0.25) is 10.0 Å². The van der Waals surface area contributed by atoms with Crippen LogP contribution in [-0.4, -0.2) is 0 Å². The topological polar surface area (TPSA) is 9.23 Å². The molecule has 0 fully saturated rings. The van der Waals surface area contributed by atoms with Crippen molar-refractivity contribution in [2.45, 2.75) is 5.88 Å². The summed E-state index contributed by atoms with van der Waals surface area (Å²) in [5, 5.41) is 1.10. The van der Waals surface area contributed by atoms with Gasteiger partial charge in [-0.2, -0.15) is 0 Å². The molecule has 94 valence electrons. The lowest BCUT2D eigenvalue weighted by Crippen LogP contribution is -1.91. The van der Waals surface area contributed by atoms with Crippen LogP contribution in [0.4, 0.5) is 0 Å². The van der Waals surface area contributed by atoms with Crippen molar-refractivity contribution < 1.29 is 4.74 Å². The van der Waals surface area contributed by atoms with Crippen LogP contribution in [0.1, 0.15) is 5.56 Å². The number of ether oxygens (including phenoxy) is 1. The predicted molar refractivity (Wildman–Crippen MR) is 80.2 cm³/mol. The molecule has 0 aliphatic rings. The molecule has 0 spiro atoms. The van der Waals surface area contributed by atoms with Crippen LogP contribution in [0.5, 0.6) is 11.5 Å². The molecule has 2 aromatic carbocycles. The van der Waals surface area contributed by atoms with Crippen molar-refractivity contribution in [1.29, 1.82) is 0 Å². The van der Waals surface area contributed by atoms with Gasteiger partial charge in [0.15, 0.2) is 0 Å². The molecule has 0 N–H and O–H groups in total. The minimum Gasteiger partial charge on any atom is -0.455 e. The zero-order valence-corrected chi connectivity index (χ0v) is 12.9. The molecule has 5 heteroatoms. The van der Waals surface area contributed by atoms with Gasteiger partial charge >= 0.3 is 0 Å². The molecule has 0 aromatic heterocycles. The van der Waals surface area contributed by atoms with Crippen molar-refractivity contribution >= 4 is 50.7 Å². The maximum absolute atomic E-state index is 6.07. The minimum atomic E-state index is 0.278. The Morgan fingerprint density at radius 2 is 1.78 bits per heavy atom. The van der Waals surface area contributed by atoms with Crippen LogP contribution in [-0.2, 0) is 5.88 Å². The smallest absolute Gasteiger partial charge is 0.147 e. The Balaban J connectivity index is 2.40. The molecule has 18 heavy (non-hydrogen) atoms. The maximum atomic E-state index is 6.07. The zero-order chi connectivity index (χ0) is 13.1. The lowest BCUT2D eigenvalue weighted by atomic mass is 10.2. The lowest BCUT2D eigenvalue weighted by Gasteiger charge is -2.12. The van der Waals surface area contributed by atoms with Crippen LogP contribution in [0, 0.1) is 0 Å². The van der Waals surface area contributed by atoms with Gasteiger partial charge in [-0.05, 0) is 30.3 Å². The summed E-state index contributed by atoms with van der Waals surface area (Å²) in [6.07, 6.45) is 0. The highest BCUT2D eigenvalue weighted by Crippen LogP contribution is 2.36. The molecule has 0 bridgehead atoms. The molecule has 0 saturated heterocycles. The van der Waals surface area contributed by atoms with Gasteiger partial charge in [-0.15, -0.1) is 11.6 Å². The summed E-state index contributed by atoms with van der Waals surface area (Å²) in [6.45, 7) is 0. The van der Waals surface area contributed by atoms with Gasteiger partial charge in [0.2, 0.25) is 0 Å². The minimum absolute atomic E-state index is 0.278. The van der Waals surface area contributed by atoms with Gasteiger partial charge < -0.3 is 4.74 Å². The molecule has 0 aliphatic heterocycles. The Labute approximate surface area is 129 Å². The molecule has 0 heterocycles. The first kappa shape index (κ1) is 14.0. The number of alkyl halides is 1. The van der Waals surface area contributed by atoms with E-state index in [1.165, 1.54) is 0 Å². The monoisotopic (exact) mass is 364 g/mol. The fourth-order valence-electron chi connectivity index (χ4n) is 1.44. The molecule has 0 radical (unpaired) electrons. The van der Waals surface area contributed by atoms with Gasteiger partial charge in [-0.25, -0.2) is 0 Å². The number of hydrogen-bond donors (Lipinski definition) is 0. The number of hydrogen-bond acceptors (Lipinski definition) is 1. The lowest BCUT2D eigenvalue weighted by molar-refractivity contribution is 0.478. The molecule has 0 saturated carbocycles. The van der Waals surface area contributed by atoms with Gasteiger partial charge in [0.05, 0.1) is 10.9 Å². The summed E-state index contributed by atoms with van der Waals surface area (Å²) in [6, 6.07) is 10.8. The fourth-order valence-corrected chi connectivity index (χ4v) is 2.51. The van der Waals surface area contributed by atoms with E-state index in [4.69, 9.17) is 39.5 Å². The van der Waals surface area contributed by atoms with Crippen LogP contribution in [0.15, 0.2) is 40.9 Å². The van der Waals surface area contributed by atoms with E-state index < -0.39 is 0 Å². The largest absolute Gasteiger partial charge is 0.455 e. The second-order valence-electron chi connectivity index (χ2n) is 3.53. The van der Waals surface area contributed by atoms with E-state index in [0.717, 1.165) is 10.0 Å². The highest BCUT2D eigenvalue weighted by molar-refractivity contribution is 9.10. The van der Waals surface area contributed by atoms with E-state index in [0.29, 0.717) is 21.5 Å². The number of benzene rings is 2. The fraction of sp³-hybridized carbons (Fsp3) is 0.0769. The first-order valence-corrected chi connectivity index (χ1v) is 7.16. The van der Waals surface area contributed by atoms with Gasteiger partial charge in [0.25, 0.3) is 0 Å². The Bertz CT molecular complexity index is 572. The second kappa shape index (κ2) is 6.16. The second-order valence-corrected chi connectivity index (χ2v) is 5.52. The molecule has 0 atom stereocenters. The third kappa shape index (κ3) is 3.12. The molecule has 2 aromatic rings. The molecular weight excluding hydrogens is 358 g/mol. The first-order valence-electron chi connectivity index (χ1n) is 5.08. The van der Waals surface area contributed by atoms with E-state index >= 15 is 0 Å². The van der Waals surface area contributed by atoms with Crippen molar-refractivity contribution in [3.8, 4) is 11.5 Å². The Morgan fingerprint density at radius 3 is 2.50 bits per heavy atom. The molecule has 0 amide bonds. The summed E-state index contributed by atoms with van der Waals surface area (Å²) in [5.74, 6) is 1.44. The van der Waals surface area contributed by atoms with Gasteiger partial charge in [0, 0.05) is 15.1 Å². The Kier molecular flexibility index (Phi) is 4.79. The first-order chi connectivity index (χ1) is 8.61. The summed E-state index contributed by atoms with van der Waals surface area (Å²) < 4.78 is 6.65. The summed E-state index contributed by atoms with van der Waals surface area (Å²) in [4.78, 5) is 0. The zero-order valence-electron chi connectivity index (χ0n) is 9.09. The summed E-state index contributed by atoms with van der Waals surface area (Å²) >= 11 is 21.4. The third-order valence-corrected chi connectivity index (χ3v) is 3.75. The van der Waals surface area contributed by atoms with Crippen LogP contribution >= 0.6 is 50.7 Å². The van der Waals surface area contributed by atoms with E-state index in [2.05, 4.69) is 15.9 Å². The average Bonchev–Trinajstić information content (AvgIpc) is 2.34. The van der Waals surface area contributed by atoms with Crippen molar-refractivity contribution in [2.24, 2.45) is 0 Å². The summed E-state index contributed by atoms with van der Waals surface area (Å²) in [7, 11) is 0. The average molecular weight is 366 g/mol. The number of rotatable bonds is 3. The molecular formula is C13H8BrCl3O. The van der Waals surface area contributed by atoms with Crippen molar-refractivity contribution in [3.05, 3.63) is 56.5 Å². The summed E-state index contributed by atoms with van der Waals surface area (Å²) in [5.41, 5.74) is 0.747. The van der Waals surface area contributed by atoms with Crippen LogP contribution in [0.25, 0.3) is 0 Å². The van der Waals surface area contributed by atoms with Crippen LogP contribution < -0.4 is 4.74 Å². The molecule has 1 nitrogen and oxygen atoms in total. The van der Waals surface area contributed by atoms with E-state index in [1.807, 2.05) is 6.07 Å².